The van der Waals surface area contributed by atoms with Gasteiger partial charge in [0.2, 0.25) is 0 Å². The Kier molecular flexibility index (Phi) is 7.30. The van der Waals surface area contributed by atoms with Crippen LogP contribution in [0.1, 0.15) is 40.8 Å². The highest BCUT2D eigenvalue weighted by molar-refractivity contribution is 14.1. The molecule has 0 saturated carbocycles. The number of methoxy groups -OCH3 is 1. The average Bonchev–Trinajstić information content (AvgIpc) is 3.31. The number of ether oxygens (including phenoxy) is 3. The topological polar surface area (TPSA) is 84.6 Å². The molecule has 0 unspecified atom stereocenters. The van der Waals surface area contributed by atoms with E-state index in [0.717, 1.165) is 39.0 Å². The van der Waals surface area contributed by atoms with Crippen molar-refractivity contribution < 1.29 is 23.8 Å². The number of carbonyl (C=O) groups is 2. The number of hydrogen-bond donors (Lipinski definition) is 0. The lowest BCUT2D eigenvalue weighted by molar-refractivity contribution is -0.141. The molecule has 0 bridgehead atoms. The van der Waals surface area contributed by atoms with Crippen molar-refractivity contribution in [1.29, 1.82) is 0 Å². The zero-order chi connectivity index (χ0) is 23.7. The van der Waals surface area contributed by atoms with Crippen molar-refractivity contribution in [3.05, 3.63) is 39.8 Å². The number of halogens is 2. The Morgan fingerprint density at radius 1 is 1.30 bits per heavy atom. The van der Waals surface area contributed by atoms with Crippen LogP contribution in [-0.4, -0.2) is 46.6 Å². The fraction of sp³-hybridized carbons (Fsp3) is 0.435. The van der Waals surface area contributed by atoms with Crippen LogP contribution in [0.2, 0.25) is 5.02 Å². The smallest absolute Gasteiger partial charge is 0.354 e. The summed E-state index contributed by atoms with van der Waals surface area (Å²) in [4.78, 5) is 24.0. The summed E-state index contributed by atoms with van der Waals surface area (Å²) in [6.07, 6.45) is 1.13. The van der Waals surface area contributed by atoms with Gasteiger partial charge in [0.25, 0.3) is 0 Å². The lowest BCUT2D eigenvalue weighted by atomic mass is 9.98. The molecular weight excluding hydrogens is 561 g/mol. The first kappa shape index (κ1) is 24.0. The summed E-state index contributed by atoms with van der Waals surface area (Å²) in [6.45, 7) is 3.42. The van der Waals surface area contributed by atoms with E-state index >= 15 is 0 Å². The molecule has 1 aliphatic rings. The number of benzene rings is 1. The molecular formula is C23H25ClIN3O5. The monoisotopic (exact) mass is 585 g/mol. The molecule has 3 heterocycles. The maximum absolute atomic E-state index is 12.8. The first-order chi connectivity index (χ1) is 15.9. The Morgan fingerprint density at radius 2 is 2.09 bits per heavy atom. The van der Waals surface area contributed by atoms with Crippen molar-refractivity contribution in [2.45, 2.75) is 37.3 Å². The molecule has 0 saturated heterocycles. The first-order valence-corrected chi connectivity index (χ1v) is 12.5. The number of aryl methyl sites for hydroxylation is 2. The van der Waals surface area contributed by atoms with E-state index in [1.807, 2.05) is 28.4 Å². The van der Waals surface area contributed by atoms with E-state index in [2.05, 4.69) is 22.6 Å². The van der Waals surface area contributed by atoms with Crippen LogP contribution in [0, 0.1) is 0 Å². The Bertz CT molecular complexity index is 1230. The van der Waals surface area contributed by atoms with Gasteiger partial charge in [0.1, 0.15) is 5.69 Å². The number of nitrogens with zero attached hydrogens (tertiary/aromatic N) is 3. The summed E-state index contributed by atoms with van der Waals surface area (Å²) in [7, 11) is 3.22. The highest BCUT2D eigenvalue weighted by atomic mass is 127. The Balaban J connectivity index is 1.95. The lowest BCUT2D eigenvalue weighted by Gasteiger charge is -2.17. The molecule has 3 aromatic rings. The van der Waals surface area contributed by atoms with Gasteiger partial charge in [-0.25, -0.2) is 4.79 Å². The molecule has 0 amide bonds. The summed E-state index contributed by atoms with van der Waals surface area (Å²) in [5, 5.41) is 6.30. The van der Waals surface area contributed by atoms with Crippen LogP contribution >= 0.6 is 34.2 Å². The minimum atomic E-state index is -0.423. The van der Waals surface area contributed by atoms with Crippen LogP contribution in [0.25, 0.3) is 22.0 Å². The number of hydrogen-bond acceptors (Lipinski definition) is 6. The molecule has 1 aromatic carbocycles. The van der Waals surface area contributed by atoms with Gasteiger partial charge in [-0.15, -0.1) is 0 Å². The van der Waals surface area contributed by atoms with Gasteiger partial charge < -0.3 is 18.8 Å². The van der Waals surface area contributed by atoms with Gasteiger partial charge in [0, 0.05) is 34.9 Å². The summed E-state index contributed by atoms with van der Waals surface area (Å²) in [5.41, 5.74) is 5.87. The molecule has 0 spiro atoms. The number of alkyl halides is 1. The van der Waals surface area contributed by atoms with Crippen LogP contribution in [0.3, 0.4) is 0 Å². The lowest BCUT2D eigenvalue weighted by Crippen LogP contribution is -2.17. The van der Waals surface area contributed by atoms with E-state index in [-0.39, 0.29) is 12.6 Å². The summed E-state index contributed by atoms with van der Waals surface area (Å²) >= 11 is 9.11. The second-order valence-corrected chi connectivity index (χ2v) is 8.99. The molecule has 8 nitrogen and oxygen atoms in total. The van der Waals surface area contributed by atoms with E-state index in [9.17, 15) is 9.59 Å². The van der Waals surface area contributed by atoms with Gasteiger partial charge in [0.05, 0.1) is 55.4 Å². The van der Waals surface area contributed by atoms with Crippen molar-refractivity contribution in [2.24, 2.45) is 7.05 Å². The van der Waals surface area contributed by atoms with Gasteiger partial charge >= 0.3 is 11.9 Å². The summed E-state index contributed by atoms with van der Waals surface area (Å²) in [6, 6.07) is 3.80. The first-order valence-electron chi connectivity index (χ1n) is 10.6. The van der Waals surface area contributed by atoms with Crippen LogP contribution < -0.4 is 0 Å². The number of esters is 2. The predicted molar refractivity (Wildman–Crippen MR) is 133 cm³/mol. The zero-order valence-electron chi connectivity index (χ0n) is 18.7. The highest BCUT2D eigenvalue weighted by Crippen LogP contribution is 2.43. The third kappa shape index (κ3) is 4.38. The quantitative estimate of drug-likeness (QED) is 0.176. The Hall–Kier alpha value is -2.11. The minimum Gasteiger partial charge on any atom is -0.466 e. The molecule has 2 aromatic heterocycles. The highest BCUT2D eigenvalue weighted by Gasteiger charge is 2.29. The summed E-state index contributed by atoms with van der Waals surface area (Å²) in [5.74, 6) is -0.748. The Morgan fingerprint density at radius 3 is 2.79 bits per heavy atom. The normalized spacial score (nSPS) is 13.2. The van der Waals surface area contributed by atoms with Gasteiger partial charge in [-0.3, -0.25) is 9.48 Å². The molecule has 0 fully saturated rings. The van der Waals surface area contributed by atoms with E-state index in [4.69, 9.17) is 30.9 Å². The van der Waals surface area contributed by atoms with E-state index in [1.54, 1.807) is 0 Å². The number of fused-ring (bicyclic) bond motifs is 2. The zero-order valence-corrected chi connectivity index (χ0v) is 21.7. The molecule has 1 aliphatic heterocycles. The fourth-order valence-corrected chi connectivity index (χ4v) is 5.28. The van der Waals surface area contributed by atoms with Crippen molar-refractivity contribution in [3.63, 3.8) is 0 Å². The third-order valence-electron chi connectivity index (χ3n) is 5.86. The van der Waals surface area contributed by atoms with Gasteiger partial charge in [-0.05, 0) is 24.5 Å². The standard InChI is InChI=1S/C23H25ClIN3O5/c1-13(29)33-9-4-5-14-15-6-7-16(24)19(21(15)27(2)22(14)23(30)31-3)20-17(11-25)26-28-8-10-32-12-18(20)28/h6-7H,4-5,8-12H2,1-3H3. The minimum absolute atomic E-state index is 0.278. The molecule has 33 heavy (non-hydrogen) atoms. The molecule has 176 valence electrons. The van der Waals surface area contributed by atoms with Crippen LogP contribution in [0.4, 0.5) is 0 Å². The second-order valence-electron chi connectivity index (χ2n) is 7.82. The molecule has 0 N–H and O–H groups in total. The molecule has 0 atom stereocenters. The van der Waals surface area contributed by atoms with Crippen LogP contribution in [-0.2, 0) is 50.1 Å². The largest absolute Gasteiger partial charge is 0.466 e. The van der Waals surface area contributed by atoms with Gasteiger partial charge in [-0.2, -0.15) is 5.10 Å². The maximum Gasteiger partial charge on any atom is 0.354 e. The van der Waals surface area contributed by atoms with E-state index in [1.165, 1.54) is 14.0 Å². The number of aromatic nitrogens is 3. The molecule has 10 heteroatoms. The van der Waals surface area contributed by atoms with E-state index in [0.29, 0.717) is 47.7 Å². The summed E-state index contributed by atoms with van der Waals surface area (Å²) < 4.78 is 20.5. The SMILES string of the molecule is COC(=O)c1c(CCCOC(C)=O)c2ccc(Cl)c(-c3c(CI)nn4c3COCC4)c2n1C. The van der Waals surface area contributed by atoms with Crippen molar-refractivity contribution >= 4 is 57.0 Å². The molecule has 4 rings (SSSR count). The molecule has 0 aliphatic carbocycles. The van der Waals surface area contributed by atoms with Crippen molar-refractivity contribution in [2.75, 3.05) is 20.3 Å². The Labute approximate surface area is 210 Å². The molecule has 0 radical (unpaired) electrons. The fourth-order valence-electron chi connectivity index (χ4n) is 4.50. The number of rotatable bonds is 7. The average molecular weight is 586 g/mol. The van der Waals surface area contributed by atoms with Crippen LogP contribution in [0.5, 0.6) is 0 Å². The van der Waals surface area contributed by atoms with Crippen molar-refractivity contribution in [3.8, 4) is 11.1 Å². The maximum atomic E-state index is 12.8. The second kappa shape index (κ2) is 10.0. The predicted octanol–water partition coefficient (Wildman–Crippen LogP) is 4.44. The van der Waals surface area contributed by atoms with E-state index < -0.39 is 5.97 Å². The van der Waals surface area contributed by atoms with Gasteiger partial charge in [-0.1, -0.05) is 40.3 Å². The van der Waals surface area contributed by atoms with Crippen LogP contribution in [0.15, 0.2) is 12.1 Å². The third-order valence-corrected chi connectivity index (χ3v) is 6.89. The number of carbonyl (C=O) groups excluding carboxylic acids is 2. The van der Waals surface area contributed by atoms with Crippen molar-refractivity contribution in [1.82, 2.24) is 14.3 Å². The van der Waals surface area contributed by atoms with Gasteiger partial charge in [0.15, 0.2) is 0 Å².